The van der Waals surface area contributed by atoms with Gasteiger partial charge in [-0.1, -0.05) is 13.8 Å². The number of ether oxygens (including phenoxy) is 1. The molecule has 5 atom stereocenters. The van der Waals surface area contributed by atoms with Crippen molar-refractivity contribution >= 4 is 5.97 Å². The second-order valence-electron chi connectivity index (χ2n) is 4.45. The Balaban J connectivity index is 2.76. The monoisotopic (exact) mass is 234 g/mol. The summed E-state index contributed by atoms with van der Waals surface area (Å²) in [5.41, 5.74) is 0. The van der Waals surface area contributed by atoms with E-state index >= 15 is 0 Å². The first-order valence-corrected chi connectivity index (χ1v) is 5.26. The highest BCUT2D eigenvalue weighted by Gasteiger charge is 2.45. The average molecular weight is 234 g/mol. The van der Waals surface area contributed by atoms with Crippen LogP contribution in [0.2, 0.25) is 0 Å². The van der Waals surface area contributed by atoms with E-state index in [0.717, 1.165) is 0 Å². The van der Waals surface area contributed by atoms with E-state index in [1.165, 1.54) is 0 Å². The van der Waals surface area contributed by atoms with Crippen LogP contribution in [0.5, 0.6) is 0 Å². The Morgan fingerprint density at radius 2 is 1.75 bits per heavy atom. The Morgan fingerprint density at radius 1 is 1.19 bits per heavy atom. The minimum absolute atomic E-state index is 0.0755. The second-order valence-corrected chi connectivity index (χ2v) is 4.45. The maximum Gasteiger partial charge on any atom is 0.306 e. The molecular weight excluding hydrogens is 216 g/mol. The van der Waals surface area contributed by atoms with Crippen molar-refractivity contribution in [1.82, 2.24) is 0 Å². The van der Waals surface area contributed by atoms with Gasteiger partial charge in [-0.25, -0.2) is 0 Å². The van der Waals surface area contributed by atoms with Crippen LogP contribution in [0.25, 0.3) is 0 Å². The van der Waals surface area contributed by atoms with E-state index in [-0.39, 0.29) is 5.92 Å². The van der Waals surface area contributed by atoms with Gasteiger partial charge in [0, 0.05) is 0 Å². The molecule has 2 unspecified atom stereocenters. The maximum absolute atomic E-state index is 10.5. The van der Waals surface area contributed by atoms with Gasteiger partial charge in [0.1, 0.15) is 18.3 Å². The Bertz CT molecular complexity index is 254. The van der Waals surface area contributed by atoms with Crippen LogP contribution < -0.4 is 0 Å². The van der Waals surface area contributed by atoms with E-state index in [9.17, 15) is 20.1 Å². The van der Waals surface area contributed by atoms with Gasteiger partial charge in [-0.2, -0.15) is 0 Å². The summed E-state index contributed by atoms with van der Waals surface area (Å²) in [6, 6.07) is 0. The van der Waals surface area contributed by atoms with Crippen molar-refractivity contribution in [3.05, 3.63) is 0 Å². The van der Waals surface area contributed by atoms with E-state index in [1.54, 1.807) is 13.8 Å². The standard InChI is InChI=1S/C10H18O6/c1-4(2)10-9(15)8(14)7(13)5(16-10)3-6(11)12/h4-5,7-10,13-15H,3H2,1-2H3,(H,11,12)/t5?,7-,8?,9+,10-/m0/s1. The SMILES string of the molecule is CC(C)[C@@H]1OC(CC(=O)O)[C@H](O)C(O)[C@H]1O. The minimum Gasteiger partial charge on any atom is -0.481 e. The van der Waals surface area contributed by atoms with Gasteiger partial charge < -0.3 is 25.2 Å². The quantitative estimate of drug-likeness (QED) is 0.497. The molecule has 4 N–H and O–H groups in total. The fourth-order valence-electron chi connectivity index (χ4n) is 1.87. The summed E-state index contributed by atoms with van der Waals surface area (Å²) in [4.78, 5) is 10.5. The first-order chi connectivity index (χ1) is 7.34. The number of aliphatic hydroxyl groups is 3. The van der Waals surface area contributed by atoms with Gasteiger partial charge in [0.05, 0.1) is 18.6 Å². The van der Waals surface area contributed by atoms with Gasteiger partial charge in [0.25, 0.3) is 0 Å². The molecule has 6 nitrogen and oxygen atoms in total. The van der Waals surface area contributed by atoms with Crippen molar-refractivity contribution in [3.63, 3.8) is 0 Å². The van der Waals surface area contributed by atoms with Crippen LogP contribution in [0.3, 0.4) is 0 Å². The molecule has 0 saturated carbocycles. The average Bonchev–Trinajstić information content (AvgIpc) is 2.18. The first-order valence-electron chi connectivity index (χ1n) is 5.26. The zero-order chi connectivity index (χ0) is 12.5. The molecule has 0 aliphatic carbocycles. The molecule has 0 bridgehead atoms. The third-order valence-corrected chi connectivity index (χ3v) is 2.78. The molecule has 1 heterocycles. The third-order valence-electron chi connectivity index (χ3n) is 2.78. The Hall–Kier alpha value is -0.690. The van der Waals surface area contributed by atoms with Gasteiger partial charge in [-0.15, -0.1) is 0 Å². The predicted octanol–water partition coefficient (Wildman–Crippen LogP) is -1.03. The lowest BCUT2D eigenvalue weighted by atomic mass is 9.88. The zero-order valence-corrected chi connectivity index (χ0v) is 9.28. The summed E-state index contributed by atoms with van der Waals surface area (Å²) < 4.78 is 5.31. The fourth-order valence-corrected chi connectivity index (χ4v) is 1.87. The lowest BCUT2D eigenvalue weighted by Crippen LogP contribution is -2.59. The smallest absolute Gasteiger partial charge is 0.306 e. The van der Waals surface area contributed by atoms with Crippen LogP contribution in [0.4, 0.5) is 0 Å². The van der Waals surface area contributed by atoms with E-state index in [2.05, 4.69) is 0 Å². The van der Waals surface area contributed by atoms with Crippen molar-refractivity contribution in [2.45, 2.75) is 50.8 Å². The molecule has 0 spiro atoms. The van der Waals surface area contributed by atoms with Crippen LogP contribution in [0.1, 0.15) is 20.3 Å². The molecule has 1 saturated heterocycles. The normalized spacial score (nSPS) is 40.0. The third kappa shape index (κ3) is 2.70. The van der Waals surface area contributed by atoms with Crippen molar-refractivity contribution in [2.75, 3.05) is 0 Å². The number of rotatable bonds is 3. The second kappa shape index (κ2) is 5.09. The number of aliphatic carboxylic acids is 1. The Kier molecular flexibility index (Phi) is 4.26. The van der Waals surface area contributed by atoms with Gasteiger partial charge in [-0.3, -0.25) is 4.79 Å². The molecule has 1 aliphatic heterocycles. The van der Waals surface area contributed by atoms with Crippen molar-refractivity contribution in [3.8, 4) is 0 Å². The molecule has 0 aromatic carbocycles. The van der Waals surface area contributed by atoms with Crippen LogP contribution >= 0.6 is 0 Å². The largest absolute Gasteiger partial charge is 0.481 e. The Morgan fingerprint density at radius 3 is 2.19 bits per heavy atom. The fraction of sp³-hybridized carbons (Fsp3) is 0.900. The van der Waals surface area contributed by atoms with Gasteiger partial charge in [-0.05, 0) is 5.92 Å². The number of hydrogen-bond donors (Lipinski definition) is 4. The summed E-state index contributed by atoms with van der Waals surface area (Å²) in [6.07, 6.45) is -5.98. The van der Waals surface area contributed by atoms with Crippen molar-refractivity contribution in [2.24, 2.45) is 5.92 Å². The molecule has 16 heavy (non-hydrogen) atoms. The highest BCUT2D eigenvalue weighted by Crippen LogP contribution is 2.27. The first kappa shape index (κ1) is 13.4. The molecule has 1 fully saturated rings. The van der Waals surface area contributed by atoms with Gasteiger partial charge in [0.2, 0.25) is 0 Å². The van der Waals surface area contributed by atoms with Crippen LogP contribution in [-0.4, -0.2) is 56.9 Å². The molecule has 0 aromatic rings. The highest BCUT2D eigenvalue weighted by molar-refractivity contribution is 5.67. The lowest BCUT2D eigenvalue weighted by molar-refractivity contribution is -0.233. The predicted molar refractivity (Wildman–Crippen MR) is 53.8 cm³/mol. The Labute approximate surface area is 93.5 Å². The van der Waals surface area contributed by atoms with Crippen LogP contribution in [-0.2, 0) is 9.53 Å². The van der Waals surface area contributed by atoms with E-state index in [0.29, 0.717) is 0 Å². The lowest BCUT2D eigenvalue weighted by Gasteiger charge is -2.41. The number of hydrogen-bond acceptors (Lipinski definition) is 5. The van der Waals surface area contributed by atoms with Crippen LogP contribution in [0, 0.1) is 5.92 Å². The van der Waals surface area contributed by atoms with Crippen LogP contribution in [0.15, 0.2) is 0 Å². The highest BCUT2D eigenvalue weighted by atomic mass is 16.5. The molecule has 0 radical (unpaired) electrons. The summed E-state index contributed by atoms with van der Waals surface area (Å²) in [5, 5.41) is 37.4. The molecule has 1 rings (SSSR count). The molecule has 1 aliphatic rings. The summed E-state index contributed by atoms with van der Waals surface area (Å²) in [5.74, 6) is -1.19. The summed E-state index contributed by atoms with van der Waals surface area (Å²) >= 11 is 0. The minimum atomic E-state index is -1.37. The van der Waals surface area contributed by atoms with Gasteiger partial charge in [0.15, 0.2) is 0 Å². The topological polar surface area (TPSA) is 107 Å². The molecular formula is C10H18O6. The maximum atomic E-state index is 10.5. The van der Waals surface area contributed by atoms with Gasteiger partial charge >= 0.3 is 5.97 Å². The van der Waals surface area contributed by atoms with E-state index < -0.39 is 42.9 Å². The molecule has 0 amide bonds. The molecule has 94 valence electrons. The number of carboxylic acid groups (broad SMARTS) is 1. The molecule has 0 aromatic heterocycles. The molecule has 6 heteroatoms. The van der Waals surface area contributed by atoms with E-state index in [1.807, 2.05) is 0 Å². The van der Waals surface area contributed by atoms with Crippen molar-refractivity contribution < 1.29 is 30.0 Å². The number of carbonyl (C=O) groups is 1. The number of aliphatic hydroxyl groups excluding tert-OH is 3. The summed E-state index contributed by atoms with van der Waals surface area (Å²) in [7, 11) is 0. The summed E-state index contributed by atoms with van der Waals surface area (Å²) in [6.45, 7) is 3.58. The zero-order valence-electron chi connectivity index (χ0n) is 9.28. The van der Waals surface area contributed by atoms with E-state index in [4.69, 9.17) is 9.84 Å². The van der Waals surface area contributed by atoms with Crippen molar-refractivity contribution in [1.29, 1.82) is 0 Å². The number of carboxylic acids is 1.